The van der Waals surface area contributed by atoms with E-state index < -0.39 is 0 Å². The Morgan fingerprint density at radius 1 is 1.30 bits per heavy atom. The Bertz CT molecular complexity index is 273. The van der Waals surface area contributed by atoms with Crippen molar-refractivity contribution in [2.24, 2.45) is 5.92 Å². The van der Waals surface area contributed by atoms with Crippen LogP contribution in [0.25, 0.3) is 0 Å². The van der Waals surface area contributed by atoms with Gasteiger partial charge in [0.1, 0.15) is 0 Å². The van der Waals surface area contributed by atoms with Crippen LogP contribution in [0.1, 0.15) is 46.0 Å². The van der Waals surface area contributed by atoms with Gasteiger partial charge in [-0.15, -0.1) is 0 Å². The van der Waals surface area contributed by atoms with Crippen molar-refractivity contribution in [1.29, 1.82) is 0 Å². The monoisotopic (exact) mass is 285 g/mol. The van der Waals surface area contributed by atoms with Crippen LogP contribution in [0.3, 0.4) is 0 Å². The average molecular weight is 285 g/mol. The zero-order valence-electron chi connectivity index (χ0n) is 13.3. The van der Waals surface area contributed by atoms with Gasteiger partial charge in [-0.25, -0.2) is 0 Å². The van der Waals surface area contributed by atoms with Gasteiger partial charge in [0.25, 0.3) is 0 Å². The van der Waals surface area contributed by atoms with Crippen molar-refractivity contribution in [3.63, 3.8) is 0 Å². The minimum Gasteiger partial charge on any atom is -0.381 e. The molecular weight excluding hydrogens is 254 g/mol. The highest BCUT2D eigenvalue weighted by molar-refractivity contribution is 4.94. The molecule has 0 saturated carbocycles. The summed E-state index contributed by atoms with van der Waals surface area (Å²) in [6, 6.07) is 0.434. The van der Waals surface area contributed by atoms with Crippen LogP contribution in [0.2, 0.25) is 0 Å². The number of nitrogens with one attached hydrogen (secondary N) is 1. The first-order valence-electron chi connectivity index (χ1n) is 8.18. The fourth-order valence-electron chi connectivity index (χ4n) is 3.64. The van der Waals surface area contributed by atoms with Gasteiger partial charge in [-0.1, -0.05) is 6.92 Å². The Kier molecular flexibility index (Phi) is 6.27. The lowest BCUT2D eigenvalue weighted by molar-refractivity contribution is -0.154. The maximum absolute atomic E-state index is 6.16. The first-order chi connectivity index (χ1) is 9.71. The van der Waals surface area contributed by atoms with E-state index in [1.165, 1.54) is 0 Å². The van der Waals surface area contributed by atoms with E-state index >= 15 is 0 Å². The summed E-state index contributed by atoms with van der Waals surface area (Å²) in [5.41, 5.74) is 0.0702. The van der Waals surface area contributed by atoms with E-state index in [-0.39, 0.29) is 11.7 Å². The lowest BCUT2D eigenvalue weighted by Crippen LogP contribution is -2.52. The van der Waals surface area contributed by atoms with Crippen molar-refractivity contribution in [2.45, 2.75) is 63.7 Å². The van der Waals surface area contributed by atoms with Crippen LogP contribution in [0.4, 0.5) is 0 Å². The molecule has 2 aliphatic heterocycles. The predicted octanol–water partition coefficient (Wildman–Crippen LogP) is 2.37. The molecule has 2 rings (SSSR count). The molecule has 2 fully saturated rings. The third kappa shape index (κ3) is 3.94. The predicted molar refractivity (Wildman–Crippen MR) is 80.0 cm³/mol. The van der Waals surface area contributed by atoms with Crippen molar-refractivity contribution in [3.05, 3.63) is 0 Å². The second-order valence-electron chi connectivity index (χ2n) is 6.32. The number of rotatable bonds is 6. The number of ether oxygens (including phenoxy) is 3. The molecule has 118 valence electrons. The lowest BCUT2D eigenvalue weighted by atomic mass is 9.76. The summed E-state index contributed by atoms with van der Waals surface area (Å²) in [4.78, 5) is 0. The van der Waals surface area contributed by atoms with Crippen LogP contribution in [-0.4, -0.2) is 51.2 Å². The van der Waals surface area contributed by atoms with E-state index in [1.54, 1.807) is 0 Å². The fourth-order valence-corrected chi connectivity index (χ4v) is 3.64. The number of methoxy groups -OCH3 is 1. The Morgan fingerprint density at radius 3 is 2.70 bits per heavy atom. The molecule has 20 heavy (non-hydrogen) atoms. The maximum Gasteiger partial charge on any atom is 0.0729 e. The summed E-state index contributed by atoms with van der Waals surface area (Å²) in [5.74, 6) is 0.642. The Labute approximate surface area is 123 Å². The molecule has 0 radical (unpaired) electrons. The molecule has 0 aromatic heterocycles. The van der Waals surface area contributed by atoms with E-state index in [9.17, 15) is 0 Å². The molecule has 2 aliphatic rings. The van der Waals surface area contributed by atoms with E-state index in [0.717, 1.165) is 58.5 Å². The summed E-state index contributed by atoms with van der Waals surface area (Å²) in [6.45, 7) is 8.03. The zero-order valence-corrected chi connectivity index (χ0v) is 13.3. The van der Waals surface area contributed by atoms with Gasteiger partial charge >= 0.3 is 0 Å². The van der Waals surface area contributed by atoms with Gasteiger partial charge in [-0.3, -0.25) is 0 Å². The maximum atomic E-state index is 6.16. The Hall–Kier alpha value is -0.160. The standard InChI is InChI=1S/C16H31NO3/c1-4-8-17-15(13(2)18-3)14-5-9-20-16(12-14)6-10-19-11-7-16/h13-15,17H,4-12H2,1-3H3. The molecular formula is C16H31NO3. The molecule has 1 spiro atoms. The van der Waals surface area contributed by atoms with Crippen molar-refractivity contribution in [1.82, 2.24) is 5.32 Å². The van der Waals surface area contributed by atoms with Gasteiger partial charge in [-0.2, -0.15) is 0 Å². The first kappa shape index (κ1) is 16.2. The van der Waals surface area contributed by atoms with Crippen molar-refractivity contribution in [3.8, 4) is 0 Å². The average Bonchev–Trinajstić information content (AvgIpc) is 2.48. The topological polar surface area (TPSA) is 39.7 Å². The van der Waals surface area contributed by atoms with Crippen LogP contribution in [0.15, 0.2) is 0 Å². The number of hydrogen-bond acceptors (Lipinski definition) is 4. The first-order valence-corrected chi connectivity index (χ1v) is 8.18. The Morgan fingerprint density at radius 2 is 2.05 bits per heavy atom. The third-order valence-corrected chi connectivity index (χ3v) is 4.95. The minimum absolute atomic E-state index is 0.0702. The van der Waals surface area contributed by atoms with Gasteiger partial charge in [0, 0.05) is 33.0 Å². The molecule has 0 amide bonds. The molecule has 2 heterocycles. The van der Waals surface area contributed by atoms with Crippen LogP contribution >= 0.6 is 0 Å². The van der Waals surface area contributed by atoms with Crippen LogP contribution in [-0.2, 0) is 14.2 Å². The van der Waals surface area contributed by atoms with Crippen LogP contribution in [0, 0.1) is 5.92 Å². The molecule has 3 unspecified atom stereocenters. The van der Waals surface area contributed by atoms with Gasteiger partial charge < -0.3 is 19.5 Å². The molecule has 0 bridgehead atoms. The van der Waals surface area contributed by atoms with Gasteiger partial charge in [0.2, 0.25) is 0 Å². The highest BCUT2D eigenvalue weighted by atomic mass is 16.5. The van der Waals surface area contributed by atoms with Crippen LogP contribution < -0.4 is 5.32 Å². The summed E-state index contributed by atoms with van der Waals surface area (Å²) in [6.07, 6.45) is 5.79. The fraction of sp³-hybridized carbons (Fsp3) is 1.00. The SMILES string of the molecule is CCCNC(C1CCOC2(CCOCC2)C1)C(C)OC. The molecule has 4 nitrogen and oxygen atoms in total. The van der Waals surface area contributed by atoms with E-state index in [1.807, 2.05) is 7.11 Å². The van der Waals surface area contributed by atoms with Crippen LogP contribution in [0.5, 0.6) is 0 Å². The van der Waals surface area contributed by atoms with E-state index in [2.05, 4.69) is 19.2 Å². The van der Waals surface area contributed by atoms with Crippen molar-refractivity contribution < 1.29 is 14.2 Å². The smallest absolute Gasteiger partial charge is 0.0729 e. The molecule has 0 aromatic rings. The highest BCUT2D eigenvalue weighted by Gasteiger charge is 2.42. The van der Waals surface area contributed by atoms with Gasteiger partial charge in [-0.05, 0) is 51.5 Å². The molecule has 0 aliphatic carbocycles. The molecule has 3 atom stereocenters. The largest absolute Gasteiger partial charge is 0.381 e. The van der Waals surface area contributed by atoms with Crippen molar-refractivity contribution in [2.75, 3.05) is 33.5 Å². The Balaban J connectivity index is 1.99. The zero-order chi connectivity index (χ0) is 14.4. The minimum atomic E-state index is 0.0702. The lowest BCUT2D eigenvalue weighted by Gasteiger charge is -2.46. The summed E-state index contributed by atoms with van der Waals surface area (Å²) in [5, 5.41) is 3.70. The number of hydrogen-bond donors (Lipinski definition) is 1. The molecule has 0 aromatic carbocycles. The third-order valence-electron chi connectivity index (χ3n) is 4.95. The quantitative estimate of drug-likeness (QED) is 0.813. The van der Waals surface area contributed by atoms with Gasteiger partial charge in [0.15, 0.2) is 0 Å². The summed E-state index contributed by atoms with van der Waals surface area (Å²) < 4.78 is 17.3. The summed E-state index contributed by atoms with van der Waals surface area (Å²) >= 11 is 0. The molecule has 4 heteroatoms. The second kappa shape index (κ2) is 7.74. The molecule has 2 saturated heterocycles. The van der Waals surface area contributed by atoms with E-state index in [0.29, 0.717) is 12.0 Å². The highest BCUT2D eigenvalue weighted by Crippen LogP contribution is 2.38. The summed E-state index contributed by atoms with van der Waals surface area (Å²) in [7, 11) is 1.81. The van der Waals surface area contributed by atoms with Gasteiger partial charge in [0.05, 0.1) is 11.7 Å². The normalized spacial score (nSPS) is 29.2. The van der Waals surface area contributed by atoms with E-state index in [4.69, 9.17) is 14.2 Å². The molecule has 1 N–H and O–H groups in total. The van der Waals surface area contributed by atoms with Crippen molar-refractivity contribution >= 4 is 0 Å². The second-order valence-corrected chi connectivity index (χ2v) is 6.32.